The van der Waals surface area contributed by atoms with E-state index in [9.17, 15) is 0 Å². The Balaban J connectivity index is 2.58. The zero-order chi connectivity index (χ0) is 10.1. The number of nitriles is 1. The van der Waals surface area contributed by atoms with Crippen LogP contribution in [0, 0.1) is 11.3 Å². The smallest absolute Gasteiger partial charge is 0.163 e. The molecule has 0 spiro atoms. The third kappa shape index (κ3) is 1.41. The lowest BCUT2D eigenvalue weighted by Gasteiger charge is -1.90. The Kier molecular flexibility index (Phi) is 2.27. The van der Waals surface area contributed by atoms with Crippen LogP contribution >= 0.6 is 27.3 Å². The van der Waals surface area contributed by atoms with Gasteiger partial charge in [-0.1, -0.05) is 0 Å². The van der Waals surface area contributed by atoms with Crippen LogP contribution in [0.25, 0.3) is 10.6 Å². The number of nitrogens with zero attached hydrogens (tertiary/aromatic N) is 2. The molecule has 0 aliphatic carbocycles. The van der Waals surface area contributed by atoms with E-state index in [4.69, 9.17) is 11.0 Å². The number of anilines is 1. The molecule has 0 bridgehead atoms. The average molecular weight is 269 g/mol. The molecule has 0 fully saturated rings. The van der Waals surface area contributed by atoms with Gasteiger partial charge < -0.3 is 5.73 Å². The summed E-state index contributed by atoms with van der Waals surface area (Å²) in [5.74, 6) is 0.243. The van der Waals surface area contributed by atoms with E-state index in [-0.39, 0.29) is 5.82 Å². The Morgan fingerprint density at radius 2 is 2.36 bits per heavy atom. The molecule has 0 radical (unpaired) electrons. The van der Waals surface area contributed by atoms with E-state index < -0.39 is 0 Å². The first-order valence-corrected chi connectivity index (χ1v) is 5.33. The topological polar surface area (TPSA) is 78.5 Å². The zero-order valence-corrected chi connectivity index (χ0v) is 9.32. The van der Waals surface area contributed by atoms with Crippen molar-refractivity contribution in [3.8, 4) is 16.6 Å². The second-order valence-electron chi connectivity index (χ2n) is 2.57. The van der Waals surface area contributed by atoms with Gasteiger partial charge >= 0.3 is 0 Å². The van der Waals surface area contributed by atoms with Crippen LogP contribution in [0.15, 0.2) is 15.9 Å². The Hall–Kier alpha value is -1.32. The van der Waals surface area contributed by atoms with Crippen molar-refractivity contribution in [2.45, 2.75) is 0 Å². The highest BCUT2D eigenvalue weighted by molar-refractivity contribution is 9.11. The molecule has 0 unspecified atom stereocenters. The largest absolute Gasteiger partial charge is 0.381 e. The number of halogens is 1. The molecule has 2 heterocycles. The molecule has 6 heteroatoms. The summed E-state index contributed by atoms with van der Waals surface area (Å²) in [7, 11) is 0. The summed E-state index contributed by atoms with van der Waals surface area (Å²) < 4.78 is 1.00. The molecule has 0 atom stereocenters. The minimum atomic E-state index is 0.243. The van der Waals surface area contributed by atoms with E-state index in [0.717, 1.165) is 8.66 Å². The Morgan fingerprint density at radius 3 is 2.93 bits per heavy atom. The van der Waals surface area contributed by atoms with Gasteiger partial charge in [0.15, 0.2) is 5.82 Å². The van der Waals surface area contributed by atoms with Crippen LogP contribution in [0.1, 0.15) is 5.56 Å². The van der Waals surface area contributed by atoms with E-state index in [0.29, 0.717) is 11.3 Å². The highest BCUT2D eigenvalue weighted by Crippen LogP contribution is 2.33. The second-order valence-corrected chi connectivity index (χ2v) is 5.04. The number of aromatic nitrogens is 2. The number of hydrogen-bond acceptors (Lipinski definition) is 4. The molecule has 3 N–H and O–H groups in total. The molecule has 14 heavy (non-hydrogen) atoms. The molecule has 2 aromatic rings. The van der Waals surface area contributed by atoms with Crippen molar-refractivity contribution in [1.29, 1.82) is 5.26 Å². The van der Waals surface area contributed by atoms with Gasteiger partial charge in [-0.05, 0) is 28.1 Å². The number of H-pyrrole nitrogens is 1. The van der Waals surface area contributed by atoms with Crippen molar-refractivity contribution < 1.29 is 0 Å². The van der Waals surface area contributed by atoms with Gasteiger partial charge in [0.25, 0.3) is 0 Å². The summed E-state index contributed by atoms with van der Waals surface area (Å²) >= 11 is 4.88. The monoisotopic (exact) mass is 268 g/mol. The highest BCUT2D eigenvalue weighted by Gasteiger charge is 2.13. The molecule has 0 saturated carbocycles. The van der Waals surface area contributed by atoms with E-state index in [1.165, 1.54) is 11.3 Å². The molecule has 0 aromatic carbocycles. The van der Waals surface area contributed by atoms with Crippen LogP contribution in [0.4, 0.5) is 5.82 Å². The first-order valence-electron chi connectivity index (χ1n) is 3.72. The maximum Gasteiger partial charge on any atom is 0.163 e. The molecule has 0 amide bonds. The van der Waals surface area contributed by atoms with Gasteiger partial charge in [-0.15, -0.1) is 11.3 Å². The van der Waals surface area contributed by atoms with Crippen LogP contribution in [0.5, 0.6) is 0 Å². The van der Waals surface area contributed by atoms with Crippen molar-refractivity contribution in [1.82, 2.24) is 10.2 Å². The molecular formula is C8H5BrN4S. The van der Waals surface area contributed by atoms with Gasteiger partial charge in [-0.25, -0.2) is 0 Å². The number of nitrogen functional groups attached to an aromatic ring is 1. The molecule has 0 aliphatic rings. The number of nitrogens with two attached hydrogens (primary N) is 1. The fourth-order valence-electron chi connectivity index (χ4n) is 1.10. The summed E-state index contributed by atoms with van der Waals surface area (Å²) in [5.41, 5.74) is 6.61. The molecule has 0 saturated heterocycles. The summed E-state index contributed by atoms with van der Waals surface area (Å²) in [6, 6.07) is 5.84. The summed E-state index contributed by atoms with van der Waals surface area (Å²) in [4.78, 5) is 0.942. The minimum absolute atomic E-state index is 0.243. The number of nitrogens with one attached hydrogen (secondary N) is 1. The number of thiophene rings is 1. The first-order chi connectivity index (χ1) is 6.72. The third-order valence-corrected chi connectivity index (χ3v) is 3.37. The van der Waals surface area contributed by atoms with Crippen LogP contribution in [0.2, 0.25) is 0 Å². The van der Waals surface area contributed by atoms with Gasteiger partial charge in [0.05, 0.1) is 14.4 Å². The fraction of sp³-hybridized carbons (Fsp3) is 0. The highest BCUT2D eigenvalue weighted by atomic mass is 79.9. The van der Waals surface area contributed by atoms with E-state index >= 15 is 0 Å². The standard InChI is InChI=1S/C8H5BrN4S/c9-6-2-1-5(14-6)7-4(3-10)8(11)13-12-7/h1-2H,(H3,11,12,13). The zero-order valence-electron chi connectivity index (χ0n) is 6.91. The molecule has 2 rings (SSSR count). The van der Waals surface area contributed by atoms with Crippen molar-refractivity contribution in [3.05, 3.63) is 21.5 Å². The second kappa shape index (κ2) is 3.44. The van der Waals surface area contributed by atoms with Gasteiger partial charge in [-0.3, -0.25) is 5.10 Å². The number of rotatable bonds is 1. The van der Waals surface area contributed by atoms with E-state index in [1.807, 2.05) is 18.2 Å². The summed E-state index contributed by atoms with van der Waals surface area (Å²) in [6.45, 7) is 0. The van der Waals surface area contributed by atoms with Crippen LogP contribution < -0.4 is 5.73 Å². The minimum Gasteiger partial charge on any atom is -0.381 e. The lowest BCUT2D eigenvalue weighted by molar-refractivity contribution is 1.11. The molecule has 70 valence electrons. The Morgan fingerprint density at radius 1 is 1.57 bits per heavy atom. The Labute approximate surface area is 92.5 Å². The normalized spacial score (nSPS) is 10.0. The summed E-state index contributed by atoms with van der Waals surface area (Å²) in [5, 5.41) is 15.4. The van der Waals surface area contributed by atoms with E-state index in [1.54, 1.807) is 0 Å². The van der Waals surface area contributed by atoms with E-state index in [2.05, 4.69) is 26.1 Å². The predicted octanol–water partition coefficient (Wildman–Crippen LogP) is 2.35. The van der Waals surface area contributed by atoms with Gasteiger partial charge in [0, 0.05) is 0 Å². The van der Waals surface area contributed by atoms with Crippen molar-refractivity contribution in [2.24, 2.45) is 0 Å². The molecule has 2 aromatic heterocycles. The van der Waals surface area contributed by atoms with Gasteiger partial charge in [0.2, 0.25) is 0 Å². The summed E-state index contributed by atoms with van der Waals surface area (Å²) in [6.07, 6.45) is 0. The predicted molar refractivity (Wildman–Crippen MR) is 58.7 cm³/mol. The van der Waals surface area contributed by atoms with Crippen molar-refractivity contribution in [3.63, 3.8) is 0 Å². The maximum absolute atomic E-state index is 8.86. The first kappa shape index (κ1) is 9.24. The Bertz CT molecular complexity index is 508. The fourth-order valence-corrected chi connectivity index (χ4v) is 2.48. The van der Waals surface area contributed by atoms with Crippen LogP contribution in [0.3, 0.4) is 0 Å². The van der Waals surface area contributed by atoms with Crippen LogP contribution in [-0.2, 0) is 0 Å². The number of hydrogen-bond donors (Lipinski definition) is 2. The SMILES string of the molecule is N#Cc1c(N)n[nH]c1-c1ccc(Br)s1. The van der Waals surface area contributed by atoms with Crippen LogP contribution in [-0.4, -0.2) is 10.2 Å². The van der Waals surface area contributed by atoms with Gasteiger partial charge in [-0.2, -0.15) is 10.4 Å². The maximum atomic E-state index is 8.86. The van der Waals surface area contributed by atoms with Crippen molar-refractivity contribution >= 4 is 33.1 Å². The molecule has 0 aliphatic heterocycles. The molecule has 4 nitrogen and oxygen atoms in total. The molecular weight excluding hydrogens is 264 g/mol. The van der Waals surface area contributed by atoms with Gasteiger partial charge in [0.1, 0.15) is 11.6 Å². The lowest BCUT2D eigenvalue weighted by Crippen LogP contribution is -1.87. The van der Waals surface area contributed by atoms with Crippen molar-refractivity contribution in [2.75, 3.05) is 5.73 Å². The number of aromatic amines is 1. The quantitative estimate of drug-likeness (QED) is 0.834. The average Bonchev–Trinajstić information content (AvgIpc) is 2.71. The third-order valence-electron chi connectivity index (χ3n) is 1.73. The lowest BCUT2D eigenvalue weighted by atomic mass is 10.2.